The second-order valence-electron chi connectivity index (χ2n) is 5.68. The molecule has 0 unspecified atom stereocenters. The molecule has 3 nitrogen and oxygen atoms in total. The average Bonchev–Trinajstić information content (AvgIpc) is 3.30. The number of rotatable bonds is 5. The van der Waals surface area contributed by atoms with E-state index in [-0.39, 0.29) is 0 Å². The second kappa shape index (κ2) is 5.61. The van der Waals surface area contributed by atoms with Gasteiger partial charge in [-0.25, -0.2) is 9.97 Å². The molecule has 1 aliphatic carbocycles. The van der Waals surface area contributed by atoms with Crippen molar-refractivity contribution < 1.29 is 4.74 Å². The third-order valence-corrected chi connectivity index (χ3v) is 3.64. The Labute approximate surface area is 120 Å². The molecule has 1 aliphatic rings. The van der Waals surface area contributed by atoms with Crippen LogP contribution in [0.2, 0.25) is 0 Å². The van der Waals surface area contributed by atoms with Gasteiger partial charge in [0.2, 0.25) is 5.88 Å². The number of benzene rings is 1. The van der Waals surface area contributed by atoms with Crippen LogP contribution in [0.3, 0.4) is 0 Å². The molecular weight excluding hydrogens is 248 g/mol. The molecule has 0 amide bonds. The fourth-order valence-electron chi connectivity index (χ4n) is 2.46. The van der Waals surface area contributed by atoms with Gasteiger partial charge < -0.3 is 4.74 Å². The summed E-state index contributed by atoms with van der Waals surface area (Å²) in [6.07, 6.45) is 4.13. The van der Waals surface area contributed by atoms with E-state index in [0.717, 1.165) is 11.4 Å². The summed E-state index contributed by atoms with van der Waals surface area (Å²) in [6.45, 7) is 4.92. The van der Waals surface area contributed by atoms with E-state index < -0.39 is 0 Å². The van der Waals surface area contributed by atoms with Crippen molar-refractivity contribution in [3.8, 4) is 5.88 Å². The molecule has 2 aromatic rings. The first-order valence-electron chi connectivity index (χ1n) is 7.27. The summed E-state index contributed by atoms with van der Waals surface area (Å²) < 4.78 is 5.95. The fraction of sp³-hybridized carbons (Fsp3) is 0.412. The van der Waals surface area contributed by atoms with Crippen molar-refractivity contribution >= 4 is 0 Å². The molecule has 0 radical (unpaired) electrons. The van der Waals surface area contributed by atoms with Crippen molar-refractivity contribution in [1.29, 1.82) is 0 Å². The van der Waals surface area contributed by atoms with Gasteiger partial charge >= 0.3 is 0 Å². The number of ether oxygens (including phenoxy) is 1. The van der Waals surface area contributed by atoms with Crippen LogP contribution in [0.15, 0.2) is 36.7 Å². The summed E-state index contributed by atoms with van der Waals surface area (Å²) in [7, 11) is 0. The van der Waals surface area contributed by atoms with Gasteiger partial charge in [-0.2, -0.15) is 0 Å². The summed E-state index contributed by atoms with van der Waals surface area (Å²) in [5.74, 6) is 1.76. The van der Waals surface area contributed by atoms with Gasteiger partial charge in [-0.15, -0.1) is 0 Å². The van der Waals surface area contributed by atoms with Crippen LogP contribution in [0.25, 0.3) is 0 Å². The van der Waals surface area contributed by atoms with Gasteiger partial charge in [-0.05, 0) is 24.3 Å². The van der Waals surface area contributed by atoms with E-state index in [1.165, 1.54) is 24.1 Å². The van der Waals surface area contributed by atoms with Crippen molar-refractivity contribution in [2.24, 2.45) is 0 Å². The number of hydrogen-bond acceptors (Lipinski definition) is 3. The van der Waals surface area contributed by atoms with Crippen molar-refractivity contribution in [1.82, 2.24) is 9.97 Å². The summed E-state index contributed by atoms with van der Waals surface area (Å²) >= 11 is 0. The van der Waals surface area contributed by atoms with E-state index in [4.69, 9.17) is 4.74 Å². The van der Waals surface area contributed by atoms with Crippen LogP contribution >= 0.6 is 0 Å². The highest BCUT2D eigenvalue weighted by Crippen LogP contribution is 2.44. The highest BCUT2D eigenvalue weighted by atomic mass is 16.5. The van der Waals surface area contributed by atoms with E-state index >= 15 is 0 Å². The van der Waals surface area contributed by atoms with E-state index in [1.807, 2.05) is 18.2 Å². The molecule has 1 fully saturated rings. The Morgan fingerprint density at radius 1 is 1.15 bits per heavy atom. The molecule has 1 aromatic carbocycles. The Bertz CT molecular complexity index is 577. The van der Waals surface area contributed by atoms with Gasteiger partial charge in [-0.3, -0.25) is 0 Å². The Kier molecular flexibility index (Phi) is 3.68. The zero-order chi connectivity index (χ0) is 13.9. The lowest BCUT2D eigenvalue weighted by Crippen LogP contribution is -2.06. The first-order valence-corrected chi connectivity index (χ1v) is 7.27. The zero-order valence-corrected chi connectivity index (χ0v) is 12.0. The van der Waals surface area contributed by atoms with Crippen LogP contribution in [0, 0.1) is 0 Å². The maximum Gasteiger partial charge on any atom is 0.220 e. The van der Waals surface area contributed by atoms with Crippen molar-refractivity contribution in [3.63, 3.8) is 0 Å². The molecule has 20 heavy (non-hydrogen) atoms. The molecule has 1 heterocycles. The third-order valence-electron chi connectivity index (χ3n) is 3.64. The van der Waals surface area contributed by atoms with E-state index in [0.29, 0.717) is 18.4 Å². The Balaban J connectivity index is 1.83. The van der Waals surface area contributed by atoms with E-state index in [2.05, 4.69) is 35.9 Å². The van der Waals surface area contributed by atoms with Crippen molar-refractivity contribution in [3.05, 3.63) is 53.5 Å². The normalized spacial score (nSPS) is 14.6. The molecule has 0 bridgehead atoms. The molecule has 1 aromatic heterocycles. The first kappa shape index (κ1) is 13.1. The SMILES string of the molecule is CC(C)c1c(OCc2ccccc2)ncnc1C1CC1. The molecule has 0 spiro atoms. The molecule has 3 heteroatoms. The van der Waals surface area contributed by atoms with Crippen LogP contribution in [-0.2, 0) is 6.61 Å². The molecular formula is C17H20N2O. The van der Waals surface area contributed by atoms with E-state index in [9.17, 15) is 0 Å². The average molecular weight is 268 g/mol. The standard InChI is InChI=1S/C17H20N2O/c1-12(2)15-16(14-8-9-14)18-11-19-17(15)20-10-13-6-4-3-5-7-13/h3-7,11-12,14H,8-10H2,1-2H3. The topological polar surface area (TPSA) is 35.0 Å². The zero-order valence-electron chi connectivity index (χ0n) is 12.0. The predicted octanol–water partition coefficient (Wildman–Crippen LogP) is 4.06. The van der Waals surface area contributed by atoms with Crippen LogP contribution < -0.4 is 4.74 Å². The van der Waals surface area contributed by atoms with Crippen LogP contribution in [0.5, 0.6) is 5.88 Å². The summed E-state index contributed by atoms with van der Waals surface area (Å²) in [5.41, 5.74) is 3.54. The lowest BCUT2D eigenvalue weighted by atomic mass is 10.00. The number of nitrogens with zero attached hydrogens (tertiary/aromatic N) is 2. The largest absolute Gasteiger partial charge is 0.473 e. The van der Waals surface area contributed by atoms with Crippen molar-refractivity contribution in [2.45, 2.75) is 45.1 Å². The summed E-state index contributed by atoms with van der Waals surface area (Å²) in [4.78, 5) is 8.84. The Hall–Kier alpha value is -1.90. The van der Waals surface area contributed by atoms with Gasteiger partial charge in [0.15, 0.2) is 0 Å². The fourth-order valence-corrected chi connectivity index (χ4v) is 2.46. The Morgan fingerprint density at radius 3 is 2.55 bits per heavy atom. The molecule has 0 aliphatic heterocycles. The minimum atomic E-state index is 0.387. The van der Waals surface area contributed by atoms with Gasteiger partial charge in [-0.1, -0.05) is 44.2 Å². The summed E-state index contributed by atoms with van der Waals surface area (Å²) in [6, 6.07) is 10.2. The second-order valence-corrected chi connectivity index (χ2v) is 5.68. The van der Waals surface area contributed by atoms with Gasteiger partial charge in [0, 0.05) is 11.5 Å². The monoisotopic (exact) mass is 268 g/mol. The van der Waals surface area contributed by atoms with Gasteiger partial charge in [0.25, 0.3) is 0 Å². The Morgan fingerprint density at radius 2 is 1.90 bits per heavy atom. The van der Waals surface area contributed by atoms with Crippen LogP contribution in [0.1, 0.15) is 55.3 Å². The highest BCUT2D eigenvalue weighted by molar-refractivity contribution is 5.36. The van der Waals surface area contributed by atoms with Gasteiger partial charge in [0.05, 0.1) is 5.69 Å². The molecule has 1 saturated carbocycles. The first-order chi connectivity index (χ1) is 9.75. The lowest BCUT2D eigenvalue weighted by Gasteiger charge is -2.16. The number of hydrogen-bond donors (Lipinski definition) is 0. The molecule has 104 valence electrons. The minimum absolute atomic E-state index is 0.387. The third kappa shape index (κ3) is 2.82. The minimum Gasteiger partial charge on any atom is -0.473 e. The van der Waals surface area contributed by atoms with E-state index in [1.54, 1.807) is 6.33 Å². The van der Waals surface area contributed by atoms with Crippen molar-refractivity contribution in [2.75, 3.05) is 0 Å². The quantitative estimate of drug-likeness (QED) is 0.820. The number of aromatic nitrogens is 2. The summed E-state index contributed by atoms with van der Waals surface area (Å²) in [5, 5.41) is 0. The predicted molar refractivity (Wildman–Crippen MR) is 78.9 cm³/mol. The molecule has 0 N–H and O–H groups in total. The van der Waals surface area contributed by atoms with Gasteiger partial charge in [0.1, 0.15) is 12.9 Å². The molecule has 0 saturated heterocycles. The molecule has 3 rings (SSSR count). The smallest absolute Gasteiger partial charge is 0.220 e. The van der Waals surface area contributed by atoms with Crippen LogP contribution in [-0.4, -0.2) is 9.97 Å². The van der Waals surface area contributed by atoms with Crippen LogP contribution in [0.4, 0.5) is 0 Å². The maximum atomic E-state index is 5.95. The lowest BCUT2D eigenvalue weighted by molar-refractivity contribution is 0.287. The molecule has 0 atom stereocenters. The highest BCUT2D eigenvalue weighted by Gasteiger charge is 2.30. The maximum absolute atomic E-state index is 5.95.